The summed E-state index contributed by atoms with van der Waals surface area (Å²) in [5.74, 6) is 0.799. The summed E-state index contributed by atoms with van der Waals surface area (Å²) in [7, 11) is 0. The van der Waals surface area contributed by atoms with Gasteiger partial charge < -0.3 is 10.3 Å². The first-order chi connectivity index (χ1) is 13.9. The maximum absolute atomic E-state index is 4.51. The normalized spacial score (nSPS) is 11.1. The number of hydrogen-bond acceptors (Lipinski definition) is 4. The van der Waals surface area contributed by atoms with Crippen molar-refractivity contribution in [2.24, 2.45) is 0 Å². The van der Waals surface area contributed by atoms with Crippen molar-refractivity contribution in [2.45, 2.75) is 13.0 Å². The monoisotopic (exact) mass is 365 g/mol. The van der Waals surface area contributed by atoms with E-state index in [0.29, 0.717) is 6.54 Å². The van der Waals surface area contributed by atoms with Gasteiger partial charge in [-0.25, -0.2) is 0 Å². The van der Waals surface area contributed by atoms with Gasteiger partial charge in [-0.3, -0.25) is 4.98 Å². The van der Waals surface area contributed by atoms with Gasteiger partial charge in [-0.2, -0.15) is 5.10 Å². The Morgan fingerprint density at radius 2 is 1.61 bits per heavy atom. The van der Waals surface area contributed by atoms with Gasteiger partial charge in [0.05, 0.1) is 12.2 Å². The summed E-state index contributed by atoms with van der Waals surface area (Å²) < 4.78 is 0. The summed E-state index contributed by atoms with van der Waals surface area (Å²) >= 11 is 0. The highest BCUT2D eigenvalue weighted by Gasteiger charge is 2.10. The quantitative estimate of drug-likeness (QED) is 0.473. The van der Waals surface area contributed by atoms with Gasteiger partial charge in [-0.1, -0.05) is 42.5 Å². The number of aromatic amines is 1. The van der Waals surface area contributed by atoms with Gasteiger partial charge in [0.1, 0.15) is 0 Å². The molecule has 5 heteroatoms. The largest absolute Gasteiger partial charge is 0.362 e. The van der Waals surface area contributed by atoms with Crippen LogP contribution in [0.15, 0.2) is 79.1 Å². The van der Waals surface area contributed by atoms with Crippen LogP contribution in [0.25, 0.3) is 21.7 Å². The molecule has 2 aromatic carbocycles. The minimum absolute atomic E-state index is 0.664. The number of fused-ring (bicyclic) bond motifs is 2. The Balaban J connectivity index is 1.44. The summed E-state index contributed by atoms with van der Waals surface area (Å²) in [6, 6.07) is 22.7. The molecule has 0 radical (unpaired) electrons. The van der Waals surface area contributed by atoms with Crippen molar-refractivity contribution in [2.75, 3.05) is 5.32 Å². The average Bonchev–Trinajstić information content (AvgIpc) is 3.17. The Kier molecular flexibility index (Phi) is 4.18. The van der Waals surface area contributed by atoms with Gasteiger partial charge in [0.2, 0.25) is 0 Å². The van der Waals surface area contributed by atoms with Crippen LogP contribution in [-0.2, 0) is 13.0 Å². The van der Waals surface area contributed by atoms with Crippen molar-refractivity contribution < 1.29 is 0 Å². The molecular formula is C23H19N5. The first-order valence-electron chi connectivity index (χ1n) is 9.30. The molecule has 0 unspecified atom stereocenters. The predicted molar refractivity (Wildman–Crippen MR) is 112 cm³/mol. The van der Waals surface area contributed by atoms with E-state index in [-0.39, 0.29) is 0 Å². The predicted octanol–water partition coefficient (Wildman–Crippen LogP) is 4.71. The van der Waals surface area contributed by atoms with Crippen molar-refractivity contribution in [1.82, 2.24) is 20.2 Å². The van der Waals surface area contributed by atoms with E-state index < -0.39 is 0 Å². The second kappa shape index (κ2) is 7.12. The zero-order valence-electron chi connectivity index (χ0n) is 15.3. The Bertz CT molecular complexity index is 1210. The van der Waals surface area contributed by atoms with Crippen LogP contribution in [0.4, 0.5) is 5.82 Å². The Hall–Kier alpha value is -3.73. The number of aromatic nitrogens is 4. The molecule has 0 fully saturated rings. The van der Waals surface area contributed by atoms with Gasteiger partial charge in [0, 0.05) is 40.8 Å². The number of nitrogens with one attached hydrogen (secondary N) is 2. The SMILES string of the molecule is c1ccc2[nH]c(CNc3nnc(Cc4ccncc4)c4ccccc34)cc2c1. The van der Waals surface area contributed by atoms with Gasteiger partial charge in [0.15, 0.2) is 5.82 Å². The van der Waals surface area contributed by atoms with Crippen molar-refractivity contribution in [1.29, 1.82) is 0 Å². The van der Waals surface area contributed by atoms with E-state index in [1.165, 1.54) is 10.9 Å². The number of hydrogen-bond donors (Lipinski definition) is 2. The van der Waals surface area contributed by atoms with Crippen LogP contribution in [0.1, 0.15) is 17.0 Å². The van der Waals surface area contributed by atoms with Crippen LogP contribution in [0, 0.1) is 0 Å². The maximum atomic E-state index is 4.51. The van der Waals surface area contributed by atoms with Gasteiger partial charge in [-0.15, -0.1) is 5.10 Å². The summed E-state index contributed by atoms with van der Waals surface area (Å²) in [4.78, 5) is 7.52. The number of para-hydroxylation sites is 1. The molecule has 5 aromatic rings. The molecule has 5 rings (SSSR count). The molecule has 28 heavy (non-hydrogen) atoms. The van der Waals surface area contributed by atoms with E-state index in [9.17, 15) is 0 Å². The minimum atomic E-state index is 0.664. The Morgan fingerprint density at radius 1 is 0.821 bits per heavy atom. The third kappa shape index (κ3) is 3.18. The average molecular weight is 365 g/mol. The fourth-order valence-corrected chi connectivity index (χ4v) is 3.52. The highest BCUT2D eigenvalue weighted by atomic mass is 15.2. The van der Waals surface area contributed by atoms with Gasteiger partial charge >= 0.3 is 0 Å². The lowest BCUT2D eigenvalue weighted by Crippen LogP contribution is -2.06. The highest BCUT2D eigenvalue weighted by molar-refractivity contribution is 5.93. The second-order valence-corrected chi connectivity index (χ2v) is 6.81. The third-order valence-electron chi connectivity index (χ3n) is 4.92. The first kappa shape index (κ1) is 16.4. The van der Waals surface area contributed by atoms with E-state index in [1.54, 1.807) is 12.4 Å². The zero-order valence-corrected chi connectivity index (χ0v) is 15.3. The molecule has 0 spiro atoms. The van der Waals surface area contributed by atoms with Gasteiger partial charge in [0.25, 0.3) is 0 Å². The smallest absolute Gasteiger partial charge is 0.156 e. The zero-order chi connectivity index (χ0) is 18.8. The molecule has 0 amide bonds. The van der Waals surface area contributed by atoms with E-state index in [2.05, 4.69) is 55.8 Å². The molecule has 3 heterocycles. The van der Waals surface area contributed by atoms with Crippen molar-refractivity contribution in [3.05, 3.63) is 96.1 Å². The first-order valence-corrected chi connectivity index (χ1v) is 9.30. The lowest BCUT2D eigenvalue weighted by molar-refractivity contribution is 0.942. The number of anilines is 1. The van der Waals surface area contributed by atoms with Crippen LogP contribution in [0.2, 0.25) is 0 Å². The van der Waals surface area contributed by atoms with E-state index in [4.69, 9.17) is 0 Å². The molecule has 3 aromatic heterocycles. The van der Waals surface area contributed by atoms with Crippen LogP contribution in [0.5, 0.6) is 0 Å². The van der Waals surface area contributed by atoms with Gasteiger partial charge in [-0.05, 0) is 35.2 Å². The molecule has 0 aliphatic heterocycles. The third-order valence-corrected chi connectivity index (χ3v) is 4.92. The molecule has 0 aliphatic rings. The number of benzene rings is 2. The fourth-order valence-electron chi connectivity index (χ4n) is 3.52. The number of nitrogens with zero attached hydrogens (tertiary/aromatic N) is 3. The molecule has 0 saturated carbocycles. The van der Waals surface area contributed by atoms with E-state index in [0.717, 1.165) is 39.9 Å². The molecular weight excluding hydrogens is 346 g/mol. The molecule has 5 nitrogen and oxygen atoms in total. The van der Waals surface area contributed by atoms with Crippen molar-refractivity contribution >= 4 is 27.5 Å². The molecule has 136 valence electrons. The molecule has 0 atom stereocenters. The number of rotatable bonds is 5. The van der Waals surface area contributed by atoms with Crippen molar-refractivity contribution in [3.8, 4) is 0 Å². The summed E-state index contributed by atoms with van der Waals surface area (Å²) in [5, 5.41) is 15.8. The lowest BCUT2D eigenvalue weighted by Gasteiger charge is -2.10. The van der Waals surface area contributed by atoms with Crippen LogP contribution in [0.3, 0.4) is 0 Å². The molecule has 0 aliphatic carbocycles. The maximum Gasteiger partial charge on any atom is 0.156 e. The Labute approximate surface area is 162 Å². The fraction of sp³-hybridized carbons (Fsp3) is 0.0870. The van der Waals surface area contributed by atoms with E-state index in [1.807, 2.05) is 36.4 Å². The number of pyridine rings is 1. The summed E-state index contributed by atoms with van der Waals surface area (Å²) in [6.45, 7) is 0.664. The van der Waals surface area contributed by atoms with Crippen LogP contribution < -0.4 is 5.32 Å². The topological polar surface area (TPSA) is 66.5 Å². The standard InChI is InChI=1S/C23H19N5/c1-4-8-21-17(5-1)14-18(26-21)15-25-23-20-7-3-2-6-19(20)22(27-28-23)13-16-9-11-24-12-10-16/h1-12,14,26H,13,15H2,(H,25,28). The van der Waals surface area contributed by atoms with E-state index >= 15 is 0 Å². The van der Waals surface area contributed by atoms with Crippen molar-refractivity contribution in [3.63, 3.8) is 0 Å². The minimum Gasteiger partial charge on any atom is -0.362 e. The molecule has 2 N–H and O–H groups in total. The summed E-state index contributed by atoms with van der Waals surface area (Å²) in [5.41, 5.74) is 4.40. The summed E-state index contributed by atoms with van der Waals surface area (Å²) in [6.07, 6.45) is 4.35. The second-order valence-electron chi connectivity index (χ2n) is 6.81. The highest BCUT2D eigenvalue weighted by Crippen LogP contribution is 2.25. The lowest BCUT2D eigenvalue weighted by atomic mass is 10.1. The molecule has 0 bridgehead atoms. The van der Waals surface area contributed by atoms with Crippen LogP contribution >= 0.6 is 0 Å². The number of H-pyrrole nitrogens is 1. The van der Waals surface area contributed by atoms with Crippen LogP contribution in [-0.4, -0.2) is 20.2 Å². The molecule has 0 saturated heterocycles. The Morgan fingerprint density at radius 3 is 2.46 bits per heavy atom.